The van der Waals surface area contributed by atoms with Crippen molar-refractivity contribution in [2.45, 2.75) is 183 Å². The van der Waals surface area contributed by atoms with Crippen LogP contribution >= 0.6 is 15.6 Å². The van der Waals surface area contributed by atoms with Crippen molar-refractivity contribution in [1.29, 1.82) is 0 Å². The molecule has 0 aromatic carbocycles. The van der Waals surface area contributed by atoms with Gasteiger partial charge in [0.1, 0.15) is 50.9 Å². The molecule has 3 rings (SSSR count). The standard InChI is InChI=1S/C34H79N5O10P2Si8/c1-52(2,3)28-37-26(35)25-27(38-28)39(29(36-25)53(4,5)6)33(57(16,17)18)31(41,55(10,11)12)30(40,54(7,8)9)32(47-33,56(13,14)15)34(58(19,20)21,59(22,23)24)48-51(45,46)49-50(42,43)44/h40-41H,1-24H3,(H,45,46)(H2,35,37,38)(H2,42,43,44)/t30-,31+,32-,33+/m1/s1. The molecule has 15 nitrogen and oxygen atoms in total. The molecule has 59 heavy (non-hydrogen) atoms. The predicted molar refractivity (Wildman–Crippen MR) is 264 cm³/mol. The summed E-state index contributed by atoms with van der Waals surface area (Å²) in [6.07, 6.45) is 0. The molecule has 0 saturated carbocycles. The maximum absolute atomic E-state index is 15.2. The quantitative estimate of drug-likeness (QED) is 0.0864. The lowest BCUT2D eigenvalue weighted by molar-refractivity contribution is -0.145. The van der Waals surface area contributed by atoms with Crippen LogP contribution in [0.15, 0.2) is 0 Å². The Labute approximate surface area is 362 Å². The van der Waals surface area contributed by atoms with E-state index >= 15 is 10.2 Å². The van der Waals surface area contributed by atoms with E-state index in [1.165, 1.54) is 0 Å². The van der Waals surface area contributed by atoms with Crippen LogP contribution in [0.2, 0.25) is 157 Å². The fraction of sp³-hybridized carbons (Fsp3) is 0.853. The number of phosphoric acid groups is 2. The van der Waals surface area contributed by atoms with Gasteiger partial charge in [0.2, 0.25) is 0 Å². The highest BCUT2D eigenvalue weighted by Crippen LogP contribution is 2.74. The van der Waals surface area contributed by atoms with E-state index in [2.05, 4.69) is 58.9 Å². The van der Waals surface area contributed by atoms with E-state index in [-0.39, 0.29) is 5.82 Å². The van der Waals surface area contributed by atoms with E-state index in [9.17, 15) is 23.8 Å². The first-order chi connectivity index (χ1) is 25.3. The Morgan fingerprint density at radius 2 is 1.05 bits per heavy atom. The summed E-state index contributed by atoms with van der Waals surface area (Å²) in [6.45, 7) is 49.4. The number of nitrogens with zero attached hydrogens (tertiary/aromatic N) is 4. The third-order valence-corrected chi connectivity index (χ3v) is 40.4. The Kier molecular flexibility index (Phi) is 13.3. The Hall–Kier alpha value is 0.225. The molecule has 1 fully saturated rings. The van der Waals surface area contributed by atoms with Gasteiger partial charge in [0.05, 0.1) is 50.7 Å². The second-order valence-electron chi connectivity index (χ2n) is 25.0. The average molecular weight is 1000 g/mol. The van der Waals surface area contributed by atoms with Crippen molar-refractivity contribution in [1.82, 2.24) is 19.5 Å². The van der Waals surface area contributed by atoms with Crippen LogP contribution in [0.1, 0.15) is 0 Å². The van der Waals surface area contributed by atoms with Crippen LogP contribution in [0.4, 0.5) is 5.82 Å². The number of nitrogen functional groups attached to an aromatic ring is 1. The van der Waals surface area contributed by atoms with Gasteiger partial charge in [-0.05, 0) is 0 Å². The van der Waals surface area contributed by atoms with Gasteiger partial charge in [-0.2, -0.15) is 4.31 Å². The first-order valence-electron chi connectivity index (χ1n) is 20.4. The van der Waals surface area contributed by atoms with Crippen LogP contribution in [0.3, 0.4) is 0 Å². The van der Waals surface area contributed by atoms with Crippen molar-refractivity contribution in [3.8, 4) is 0 Å². The zero-order valence-corrected chi connectivity index (χ0v) is 50.3. The van der Waals surface area contributed by atoms with E-state index in [4.69, 9.17) is 34.3 Å². The summed E-state index contributed by atoms with van der Waals surface area (Å²) >= 11 is 0. The minimum atomic E-state index is -5.68. The second kappa shape index (κ2) is 14.6. The molecule has 0 radical (unpaired) electrons. The molecule has 3 heterocycles. The Morgan fingerprint density at radius 1 is 0.627 bits per heavy atom. The van der Waals surface area contributed by atoms with Gasteiger partial charge < -0.3 is 35.4 Å². The summed E-state index contributed by atoms with van der Waals surface area (Å²) in [7, 11) is -36.3. The fourth-order valence-electron chi connectivity index (χ4n) is 10.7. The molecule has 25 heteroatoms. The fourth-order valence-corrected chi connectivity index (χ4v) is 51.6. The lowest BCUT2D eigenvalue weighted by Gasteiger charge is -2.70. The second-order valence-corrected chi connectivity index (χ2v) is 69.4. The van der Waals surface area contributed by atoms with Crippen molar-refractivity contribution in [2.24, 2.45) is 0 Å². The summed E-state index contributed by atoms with van der Waals surface area (Å²) in [4.78, 5) is 45.5. The van der Waals surface area contributed by atoms with Gasteiger partial charge in [-0.1, -0.05) is 157 Å². The summed E-state index contributed by atoms with van der Waals surface area (Å²) in [5, 5.41) is 22.4. The van der Waals surface area contributed by atoms with Crippen LogP contribution in [-0.2, 0) is 28.0 Å². The van der Waals surface area contributed by atoms with E-state index in [0.29, 0.717) is 22.1 Å². The molecule has 2 aromatic rings. The van der Waals surface area contributed by atoms with E-state index in [1.807, 2.05) is 103 Å². The topological polar surface area (TPSA) is 233 Å². The number of fused-ring (bicyclic) bond motifs is 1. The van der Waals surface area contributed by atoms with Gasteiger partial charge in [-0.3, -0.25) is 9.09 Å². The van der Waals surface area contributed by atoms with Crippen LogP contribution in [0.25, 0.3) is 11.2 Å². The molecule has 1 saturated heterocycles. The van der Waals surface area contributed by atoms with E-state index in [1.54, 1.807) is 0 Å². The van der Waals surface area contributed by atoms with Crippen LogP contribution in [0, 0.1) is 0 Å². The molecule has 342 valence electrons. The third-order valence-electron chi connectivity index (χ3n) is 12.3. The number of anilines is 1. The van der Waals surface area contributed by atoms with Crippen molar-refractivity contribution in [3.05, 3.63) is 0 Å². The molecular formula is C34H79N5O10P2Si8. The van der Waals surface area contributed by atoms with Crippen molar-refractivity contribution >= 4 is 108 Å². The van der Waals surface area contributed by atoms with Gasteiger partial charge in [-0.25, -0.2) is 24.1 Å². The predicted octanol–water partition coefficient (Wildman–Crippen LogP) is 6.61. The zero-order valence-electron chi connectivity index (χ0n) is 40.5. The number of rotatable bonds is 14. The number of imidazole rings is 1. The van der Waals surface area contributed by atoms with Crippen molar-refractivity contribution in [3.63, 3.8) is 0 Å². The number of nitrogens with two attached hydrogens (primary N) is 1. The van der Waals surface area contributed by atoms with Crippen molar-refractivity contribution < 1.29 is 47.6 Å². The number of aliphatic hydroxyl groups is 2. The van der Waals surface area contributed by atoms with E-state index in [0.717, 1.165) is 0 Å². The van der Waals surface area contributed by atoms with Gasteiger partial charge in [0, 0.05) is 0 Å². The van der Waals surface area contributed by atoms with E-state index < -0.39 is 106 Å². The molecule has 0 aliphatic carbocycles. The maximum atomic E-state index is 15.2. The summed E-state index contributed by atoms with van der Waals surface area (Å²) in [5.41, 5.74) is 8.90. The molecule has 2 aromatic heterocycles. The third kappa shape index (κ3) is 7.74. The highest BCUT2D eigenvalue weighted by atomic mass is 31.3. The first-order valence-corrected chi connectivity index (χ1v) is 51.4. The monoisotopic (exact) mass is 1000 g/mol. The highest BCUT2D eigenvalue weighted by Gasteiger charge is 2.94. The molecule has 7 N–H and O–H groups in total. The van der Waals surface area contributed by atoms with Crippen LogP contribution in [0.5, 0.6) is 0 Å². The number of aromatic nitrogens is 4. The number of phosphoric ester groups is 1. The molecule has 1 unspecified atom stereocenters. The Bertz CT molecular complexity index is 2060. The maximum Gasteiger partial charge on any atom is 0.481 e. The van der Waals surface area contributed by atoms with Crippen LogP contribution < -0.4 is 16.6 Å². The van der Waals surface area contributed by atoms with Gasteiger partial charge in [0.25, 0.3) is 0 Å². The summed E-state index contributed by atoms with van der Waals surface area (Å²) in [5.74, 6) is 0.209. The lowest BCUT2D eigenvalue weighted by atomic mass is 10.1. The molecule has 1 aliphatic rings. The van der Waals surface area contributed by atoms with Gasteiger partial charge in [0.15, 0.2) is 16.8 Å². The molecule has 0 bridgehead atoms. The minimum Gasteiger partial charge on any atom is -0.388 e. The first kappa shape index (κ1) is 53.6. The highest BCUT2D eigenvalue weighted by molar-refractivity contribution is 7.60. The van der Waals surface area contributed by atoms with Gasteiger partial charge >= 0.3 is 15.6 Å². The lowest BCUT2D eigenvalue weighted by Crippen LogP contribution is -2.95. The zero-order chi connectivity index (χ0) is 47.2. The number of hydrogen-bond acceptors (Lipinski definition) is 11. The van der Waals surface area contributed by atoms with Crippen molar-refractivity contribution in [2.75, 3.05) is 5.73 Å². The molecular weight excluding hydrogens is 925 g/mol. The number of ether oxygens (including phenoxy) is 1. The Balaban J connectivity index is 3.17. The molecule has 0 spiro atoms. The SMILES string of the molecule is C[Si](C)(C)c1nc(N)c2nc([Si](C)(C)C)n([C@]3([Si](C)(C)C)O[C@@](C(OP(=O)(O)OP(=O)(O)O)([Si](C)(C)C)[Si](C)(C)C)([Si](C)(C)C)[C@](O)([Si](C)(C)C)[C@]3(O)[Si](C)(C)C)c2n1. The van der Waals surface area contributed by atoms with Gasteiger partial charge in [-0.15, -0.1) is 0 Å². The largest absolute Gasteiger partial charge is 0.481 e. The average Bonchev–Trinajstić information content (AvgIpc) is 3.40. The molecule has 1 aliphatic heterocycles. The summed E-state index contributed by atoms with van der Waals surface area (Å²) in [6, 6.07) is 0. The molecule has 5 atom stereocenters. The smallest absolute Gasteiger partial charge is 0.388 e. The Morgan fingerprint density at radius 3 is 1.36 bits per heavy atom. The summed E-state index contributed by atoms with van der Waals surface area (Å²) < 4.78 is 49.1. The normalized spacial score (nSPS) is 27.4. The minimum absolute atomic E-state index is 0.209. The molecule has 0 amide bonds. The van der Waals surface area contributed by atoms with Crippen LogP contribution in [-0.4, -0.2) is 130 Å². The number of hydrogen-bond donors (Lipinski definition) is 6.